The van der Waals surface area contributed by atoms with Crippen LogP contribution in [-0.4, -0.2) is 73.6 Å². The standard InChI is InChI=1S/C33H33ClN2O12S2/c1-40-20-16-22(41-2)27-23(17-20)47-29(18-13-24(42-3)30(44-5)25(14-18)43-4)31(28(27)37)46-11-7-8-12-49-33-36-35-32(48-33)21-15-19(34)9-10-26(21)50(38,39)45-6/h9-10,13-17H,7-8,11-12H2,1-6H3. The Morgan fingerprint density at radius 1 is 0.800 bits per heavy atom. The van der Waals surface area contributed by atoms with Crippen LogP contribution in [0.15, 0.2) is 66.2 Å². The largest absolute Gasteiger partial charge is 0.496 e. The maximum absolute atomic E-state index is 14.0. The molecular weight excluding hydrogens is 716 g/mol. The van der Waals surface area contributed by atoms with Crippen LogP contribution >= 0.6 is 23.4 Å². The van der Waals surface area contributed by atoms with Gasteiger partial charge in [-0.3, -0.25) is 8.98 Å². The van der Waals surface area contributed by atoms with Crippen molar-refractivity contribution >= 4 is 44.5 Å². The van der Waals surface area contributed by atoms with Crippen LogP contribution in [0.25, 0.3) is 33.7 Å². The van der Waals surface area contributed by atoms with Crippen LogP contribution in [0.4, 0.5) is 0 Å². The summed E-state index contributed by atoms with van der Waals surface area (Å²) in [5.41, 5.74) is 0.346. The number of fused-ring (bicyclic) bond motifs is 1. The lowest BCUT2D eigenvalue weighted by molar-refractivity contribution is 0.301. The van der Waals surface area contributed by atoms with Crippen LogP contribution in [0.2, 0.25) is 5.02 Å². The molecule has 17 heteroatoms. The summed E-state index contributed by atoms with van der Waals surface area (Å²) in [5.74, 6) is 2.39. The molecular formula is C33H33ClN2O12S2. The van der Waals surface area contributed by atoms with E-state index in [0.29, 0.717) is 47.2 Å². The van der Waals surface area contributed by atoms with Crippen molar-refractivity contribution in [2.24, 2.45) is 0 Å². The van der Waals surface area contributed by atoms with E-state index in [1.165, 1.54) is 65.5 Å². The maximum Gasteiger partial charge on any atom is 0.297 e. The number of benzene rings is 3. The number of rotatable bonds is 16. The zero-order chi connectivity index (χ0) is 36.0. The Labute approximate surface area is 296 Å². The topological polar surface area (TPSA) is 168 Å². The van der Waals surface area contributed by atoms with Crippen LogP contribution in [0.5, 0.6) is 34.5 Å². The van der Waals surface area contributed by atoms with Crippen LogP contribution in [-0.2, 0) is 14.3 Å². The van der Waals surface area contributed by atoms with Crippen molar-refractivity contribution in [1.82, 2.24) is 10.2 Å². The van der Waals surface area contributed by atoms with Gasteiger partial charge in [0.05, 0.1) is 54.8 Å². The molecule has 0 aliphatic rings. The highest BCUT2D eigenvalue weighted by atomic mass is 35.5. The Kier molecular flexibility index (Phi) is 11.7. The smallest absolute Gasteiger partial charge is 0.297 e. The van der Waals surface area contributed by atoms with Gasteiger partial charge in [0.15, 0.2) is 17.3 Å². The van der Waals surface area contributed by atoms with E-state index < -0.39 is 15.5 Å². The normalized spacial score (nSPS) is 11.4. The minimum atomic E-state index is -4.06. The lowest BCUT2D eigenvalue weighted by Gasteiger charge is -2.17. The molecule has 50 heavy (non-hydrogen) atoms. The van der Waals surface area contributed by atoms with E-state index in [1.54, 1.807) is 24.3 Å². The first-order valence-corrected chi connectivity index (χ1v) is 17.6. The molecule has 0 aliphatic heterocycles. The van der Waals surface area contributed by atoms with Crippen molar-refractivity contribution in [3.63, 3.8) is 0 Å². The lowest BCUT2D eigenvalue weighted by atomic mass is 10.1. The zero-order valence-corrected chi connectivity index (χ0v) is 30.2. The Morgan fingerprint density at radius 2 is 1.52 bits per heavy atom. The van der Waals surface area contributed by atoms with Crippen LogP contribution in [0, 0.1) is 0 Å². The first kappa shape index (κ1) is 36.6. The highest BCUT2D eigenvalue weighted by molar-refractivity contribution is 7.99. The van der Waals surface area contributed by atoms with E-state index in [2.05, 4.69) is 14.4 Å². The summed E-state index contributed by atoms with van der Waals surface area (Å²) in [6.45, 7) is 0.155. The van der Waals surface area contributed by atoms with Gasteiger partial charge in [-0.1, -0.05) is 23.4 Å². The molecule has 0 N–H and O–H groups in total. The average molecular weight is 749 g/mol. The summed E-state index contributed by atoms with van der Waals surface area (Å²) >= 11 is 7.37. The quantitative estimate of drug-likeness (QED) is 0.0609. The Bertz CT molecular complexity index is 2140. The number of halogens is 1. The number of nitrogens with zero attached hydrogens (tertiary/aromatic N) is 2. The second kappa shape index (κ2) is 15.9. The summed E-state index contributed by atoms with van der Waals surface area (Å²) in [5, 5.41) is 8.71. The first-order chi connectivity index (χ1) is 24.1. The highest BCUT2D eigenvalue weighted by Crippen LogP contribution is 2.44. The predicted octanol–water partition coefficient (Wildman–Crippen LogP) is 6.49. The van der Waals surface area contributed by atoms with Crippen molar-refractivity contribution in [1.29, 1.82) is 0 Å². The van der Waals surface area contributed by atoms with Gasteiger partial charge in [0.25, 0.3) is 15.3 Å². The zero-order valence-electron chi connectivity index (χ0n) is 27.9. The van der Waals surface area contributed by atoms with Crippen molar-refractivity contribution < 1.29 is 49.9 Å². The molecule has 0 atom stereocenters. The van der Waals surface area contributed by atoms with E-state index in [1.807, 2.05) is 0 Å². The average Bonchev–Trinajstić information content (AvgIpc) is 3.61. The molecule has 0 aliphatic carbocycles. The SMILES string of the molecule is COc1cc(OC)c2c(=O)c(OCCCCSc3nnc(-c4cc(Cl)ccc4S(=O)(=O)OC)o3)c(-c3cc(OC)c(OC)c(OC)c3)oc2c1. The van der Waals surface area contributed by atoms with Gasteiger partial charge < -0.3 is 37.3 Å². The molecule has 0 amide bonds. The molecule has 0 fully saturated rings. The summed E-state index contributed by atoms with van der Waals surface area (Å²) in [7, 11) is 4.40. The van der Waals surface area contributed by atoms with Gasteiger partial charge >= 0.3 is 0 Å². The molecule has 0 bridgehead atoms. The fraction of sp³-hybridized carbons (Fsp3) is 0.303. The highest BCUT2D eigenvalue weighted by Gasteiger charge is 2.25. The number of thioether (sulfide) groups is 1. The van der Waals surface area contributed by atoms with E-state index in [9.17, 15) is 13.2 Å². The van der Waals surface area contributed by atoms with Gasteiger partial charge in [-0.25, -0.2) is 0 Å². The Hall–Kier alpha value is -4.64. The third-order valence-electron chi connectivity index (χ3n) is 7.35. The molecule has 0 spiro atoms. The molecule has 5 aromatic rings. The first-order valence-electron chi connectivity index (χ1n) is 14.8. The van der Waals surface area contributed by atoms with Crippen molar-refractivity contribution in [2.75, 3.05) is 55.0 Å². The lowest BCUT2D eigenvalue weighted by Crippen LogP contribution is -2.12. The molecule has 2 heterocycles. The van der Waals surface area contributed by atoms with Crippen molar-refractivity contribution in [3.05, 3.63) is 57.7 Å². The summed E-state index contributed by atoms with van der Waals surface area (Å²) in [4.78, 5) is 13.9. The Balaban J connectivity index is 1.36. The summed E-state index contributed by atoms with van der Waals surface area (Å²) in [6, 6.07) is 10.6. The fourth-order valence-corrected chi connectivity index (χ4v) is 6.71. The van der Waals surface area contributed by atoms with Crippen LogP contribution in [0.1, 0.15) is 12.8 Å². The summed E-state index contributed by atoms with van der Waals surface area (Å²) in [6.07, 6.45) is 1.16. The van der Waals surface area contributed by atoms with Gasteiger partial charge in [0.2, 0.25) is 22.8 Å². The molecule has 0 saturated heterocycles. The number of hydrogen-bond acceptors (Lipinski definition) is 15. The van der Waals surface area contributed by atoms with Crippen LogP contribution in [0.3, 0.4) is 0 Å². The number of aromatic nitrogens is 2. The fourth-order valence-electron chi connectivity index (χ4n) is 4.95. The molecule has 0 saturated carbocycles. The maximum atomic E-state index is 14.0. The second-order valence-electron chi connectivity index (χ2n) is 10.2. The van der Waals surface area contributed by atoms with E-state index in [-0.39, 0.29) is 61.4 Å². The van der Waals surface area contributed by atoms with Gasteiger partial charge in [0.1, 0.15) is 27.4 Å². The predicted molar refractivity (Wildman–Crippen MR) is 185 cm³/mol. The molecule has 0 radical (unpaired) electrons. The van der Waals surface area contributed by atoms with Gasteiger partial charge in [-0.05, 0) is 43.2 Å². The van der Waals surface area contributed by atoms with Crippen molar-refractivity contribution in [3.8, 4) is 57.3 Å². The van der Waals surface area contributed by atoms with E-state index in [4.69, 9.17) is 48.9 Å². The molecule has 3 aromatic carbocycles. The molecule has 266 valence electrons. The third-order valence-corrected chi connectivity index (χ3v) is 9.82. The summed E-state index contributed by atoms with van der Waals surface area (Å²) < 4.78 is 75.0. The monoisotopic (exact) mass is 748 g/mol. The molecule has 5 rings (SSSR count). The molecule has 2 aromatic heterocycles. The molecule has 14 nitrogen and oxygen atoms in total. The second-order valence-corrected chi connectivity index (χ2v) is 13.4. The van der Waals surface area contributed by atoms with Crippen LogP contribution < -0.4 is 33.8 Å². The molecule has 0 unspecified atom stereocenters. The minimum absolute atomic E-state index is 0.0237. The number of unbranched alkanes of at least 4 members (excludes halogenated alkanes) is 1. The van der Waals surface area contributed by atoms with E-state index >= 15 is 0 Å². The Morgan fingerprint density at radius 3 is 2.16 bits per heavy atom. The van der Waals surface area contributed by atoms with Gasteiger partial charge in [-0.2, -0.15) is 8.42 Å². The van der Waals surface area contributed by atoms with E-state index in [0.717, 1.165) is 7.11 Å². The minimum Gasteiger partial charge on any atom is -0.496 e. The van der Waals surface area contributed by atoms with Gasteiger partial charge in [-0.15, -0.1) is 10.2 Å². The third kappa shape index (κ3) is 7.57. The van der Waals surface area contributed by atoms with Crippen molar-refractivity contribution in [2.45, 2.75) is 23.0 Å². The van der Waals surface area contributed by atoms with Gasteiger partial charge in [0, 0.05) is 28.5 Å². The number of methoxy groups -OCH3 is 5. The number of hydrogen-bond donors (Lipinski definition) is 0. The number of ether oxygens (including phenoxy) is 6.